The van der Waals surface area contributed by atoms with Gasteiger partial charge in [0.25, 0.3) is 5.89 Å². The number of aryl methyl sites for hydroxylation is 1. The largest absolute Gasteiger partial charge is 0.458 e. The third-order valence-electron chi connectivity index (χ3n) is 5.88. The maximum Gasteiger partial charge on any atom is 0.296 e. The first kappa shape index (κ1) is 16.2. The molecule has 1 saturated carbocycles. The van der Waals surface area contributed by atoms with E-state index >= 15 is 0 Å². The smallest absolute Gasteiger partial charge is 0.296 e. The van der Waals surface area contributed by atoms with Crippen LogP contribution in [0.4, 0.5) is 5.82 Å². The first-order chi connectivity index (χ1) is 13.7. The van der Waals surface area contributed by atoms with Crippen molar-refractivity contribution >= 4 is 23.3 Å². The molecule has 0 bridgehead atoms. The number of hydrogen-bond acceptors (Lipinski definition) is 8. The monoisotopic (exact) mass is 399 g/mol. The van der Waals surface area contributed by atoms with Gasteiger partial charge in [-0.2, -0.15) is 10.1 Å². The van der Waals surface area contributed by atoms with Gasteiger partial charge in [-0.15, -0.1) is 0 Å². The van der Waals surface area contributed by atoms with Crippen molar-refractivity contribution < 1.29 is 8.94 Å². The van der Waals surface area contributed by atoms with Crippen LogP contribution in [-0.4, -0.2) is 31.7 Å². The Labute approximate surface area is 165 Å². The first-order valence-electron chi connectivity index (χ1n) is 9.47. The number of aromatic nitrogens is 4. The fourth-order valence-electron chi connectivity index (χ4n) is 4.67. The van der Waals surface area contributed by atoms with Gasteiger partial charge >= 0.3 is 0 Å². The summed E-state index contributed by atoms with van der Waals surface area (Å²) in [7, 11) is 0. The minimum Gasteiger partial charge on any atom is -0.458 e. The van der Waals surface area contributed by atoms with Crippen molar-refractivity contribution in [3.8, 4) is 11.6 Å². The van der Waals surface area contributed by atoms with Gasteiger partial charge in [0.1, 0.15) is 17.7 Å². The molecule has 0 saturated heterocycles. The highest BCUT2D eigenvalue weighted by Crippen LogP contribution is 2.47. The second-order valence-corrected chi connectivity index (χ2v) is 7.82. The minimum atomic E-state index is 0.0294. The summed E-state index contributed by atoms with van der Waals surface area (Å²) in [6.07, 6.45) is 6.42. The van der Waals surface area contributed by atoms with Crippen molar-refractivity contribution in [1.29, 1.82) is 0 Å². The third-order valence-corrected chi connectivity index (χ3v) is 6.16. The zero-order valence-corrected chi connectivity index (χ0v) is 15.9. The first-order valence-corrected chi connectivity index (χ1v) is 9.84. The molecular weight excluding hydrogens is 382 g/mol. The number of anilines is 1. The molecule has 10 heteroatoms. The summed E-state index contributed by atoms with van der Waals surface area (Å²) in [5.41, 5.74) is 3.29. The van der Waals surface area contributed by atoms with Crippen LogP contribution < -0.4 is 10.3 Å². The zero-order chi connectivity index (χ0) is 18.8. The Bertz CT molecular complexity index is 1080. The predicted molar refractivity (Wildman–Crippen MR) is 101 cm³/mol. The number of halogens is 1. The van der Waals surface area contributed by atoms with Crippen LogP contribution in [-0.2, 0) is 0 Å². The van der Waals surface area contributed by atoms with Crippen LogP contribution in [0.15, 0.2) is 32.4 Å². The number of rotatable bonds is 2. The maximum absolute atomic E-state index is 6.45. The lowest BCUT2D eigenvalue weighted by Crippen LogP contribution is -2.53. The molecule has 144 valence electrons. The lowest BCUT2D eigenvalue weighted by molar-refractivity contribution is 0.176. The number of hydrazone groups is 1. The molecule has 3 aliphatic rings. The SMILES string of the molecule is Cc1ccc(-c2noc(C3=NNC4C5CCCCC5n5c(cnc5Cl)N34)n2)o1. The van der Waals surface area contributed by atoms with Crippen molar-refractivity contribution in [2.75, 3.05) is 4.90 Å². The van der Waals surface area contributed by atoms with Crippen LogP contribution in [0.1, 0.15) is 43.4 Å². The molecule has 0 aromatic carbocycles. The topological polar surface area (TPSA) is 97.5 Å². The van der Waals surface area contributed by atoms with E-state index < -0.39 is 0 Å². The van der Waals surface area contributed by atoms with Crippen molar-refractivity contribution in [2.24, 2.45) is 11.0 Å². The van der Waals surface area contributed by atoms with Gasteiger partial charge in [0.15, 0.2) is 5.76 Å². The number of imidazole rings is 1. The molecular formula is C18H18ClN7O2. The van der Waals surface area contributed by atoms with Gasteiger partial charge in [0.05, 0.1) is 6.20 Å². The molecule has 0 amide bonds. The van der Waals surface area contributed by atoms with E-state index in [1.807, 2.05) is 19.1 Å². The number of amidine groups is 1. The van der Waals surface area contributed by atoms with E-state index in [0.717, 1.165) is 24.4 Å². The summed E-state index contributed by atoms with van der Waals surface area (Å²) in [6, 6.07) is 4.01. The summed E-state index contributed by atoms with van der Waals surface area (Å²) >= 11 is 6.45. The lowest BCUT2D eigenvalue weighted by Gasteiger charge is -2.45. The minimum absolute atomic E-state index is 0.0294. The summed E-state index contributed by atoms with van der Waals surface area (Å²) in [6.45, 7) is 1.87. The Morgan fingerprint density at radius 2 is 2.14 bits per heavy atom. The highest BCUT2D eigenvalue weighted by molar-refractivity contribution is 6.28. The predicted octanol–water partition coefficient (Wildman–Crippen LogP) is 3.33. The highest BCUT2D eigenvalue weighted by atomic mass is 35.5. The Morgan fingerprint density at radius 1 is 1.25 bits per heavy atom. The molecule has 0 radical (unpaired) electrons. The second kappa shape index (κ2) is 5.84. The zero-order valence-electron chi connectivity index (χ0n) is 15.2. The van der Waals surface area contributed by atoms with E-state index in [1.54, 1.807) is 6.20 Å². The molecule has 1 N–H and O–H groups in total. The second-order valence-electron chi connectivity index (χ2n) is 7.48. The van der Waals surface area contributed by atoms with Crippen molar-refractivity contribution in [1.82, 2.24) is 25.1 Å². The summed E-state index contributed by atoms with van der Waals surface area (Å²) < 4.78 is 13.2. The molecule has 1 fully saturated rings. The normalized spacial score (nSPS) is 25.7. The Hall–Kier alpha value is -2.81. The van der Waals surface area contributed by atoms with Crippen LogP contribution in [0.3, 0.4) is 0 Å². The van der Waals surface area contributed by atoms with Crippen LogP contribution in [0.5, 0.6) is 0 Å². The van der Waals surface area contributed by atoms with Gasteiger partial charge in [0.2, 0.25) is 16.9 Å². The fraction of sp³-hybridized carbons (Fsp3) is 0.444. The van der Waals surface area contributed by atoms with Gasteiger partial charge in [-0.05, 0) is 43.5 Å². The van der Waals surface area contributed by atoms with Gasteiger partial charge in [-0.25, -0.2) is 4.98 Å². The van der Waals surface area contributed by atoms with Crippen molar-refractivity contribution in [3.63, 3.8) is 0 Å². The lowest BCUT2D eigenvalue weighted by atomic mass is 9.80. The van der Waals surface area contributed by atoms with E-state index in [0.29, 0.717) is 40.6 Å². The number of hydrogen-bond donors (Lipinski definition) is 1. The van der Waals surface area contributed by atoms with Gasteiger partial charge < -0.3 is 8.94 Å². The quantitative estimate of drug-likeness (QED) is 0.705. The molecule has 0 spiro atoms. The molecule has 28 heavy (non-hydrogen) atoms. The number of nitrogens with zero attached hydrogens (tertiary/aromatic N) is 6. The molecule has 3 aromatic heterocycles. The van der Waals surface area contributed by atoms with E-state index in [9.17, 15) is 0 Å². The summed E-state index contributed by atoms with van der Waals surface area (Å²) in [4.78, 5) is 10.9. The Morgan fingerprint density at radius 3 is 3.00 bits per heavy atom. The van der Waals surface area contributed by atoms with Crippen molar-refractivity contribution in [3.05, 3.63) is 35.3 Å². The van der Waals surface area contributed by atoms with Crippen LogP contribution in [0, 0.1) is 12.8 Å². The van der Waals surface area contributed by atoms with Gasteiger partial charge in [-0.3, -0.25) is 14.9 Å². The molecule has 1 aliphatic carbocycles. The van der Waals surface area contributed by atoms with Crippen LogP contribution in [0.25, 0.3) is 11.6 Å². The Kier molecular flexibility index (Phi) is 3.37. The average molecular weight is 400 g/mol. The van der Waals surface area contributed by atoms with Gasteiger partial charge in [0, 0.05) is 12.0 Å². The molecule has 3 unspecified atom stereocenters. The van der Waals surface area contributed by atoms with E-state index in [4.69, 9.17) is 20.5 Å². The van der Waals surface area contributed by atoms with E-state index in [-0.39, 0.29) is 6.17 Å². The molecule has 6 rings (SSSR count). The molecule has 2 aliphatic heterocycles. The summed E-state index contributed by atoms with van der Waals surface area (Å²) in [5.74, 6) is 3.94. The molecule has 5 heterocycles. The number of furan rings is 1. The molecule has 9 nitrogen and oxygen atoms in total. The number of fused-ring (bicyclic) bond motifs is 6. The van der Waals surface area contributed by atoms with Crippen molar-refractivity contribution in [2.45, 2.75) is 44.8 Å². The van der Waals surface area contributed by atoms with E-state index in [1.165, 1.54) is 12.8 Å². The van der Waals surface area contributed by atoms with Gasteiger partial charge in [-0.1, -0.05) is 18.0 Å². The van der Waals surface area contributed by atoms with Crippen LogP contribution in [0.2, 0.25) is 5.28 Å². The highest BCUT2D eigenvalue weighted by Gasteiger charge is 2.48. The van der Waals surface area contributed by atoms with Crippen LogP contribution >= 0.6 is 11.6 Å². The molecule has 3 aromatic rings. The Balaban J connectivity index is 1.41. The van der Waals surface area contributed by atoms with E-state index in [2.05, 4.69) is 35.1 Å². The fourth-order valence-corrected chi connectivity index (χ4v) is 4.93. The molecule has 3 atom stereocenters. The summed E-state index contributed by atoms with van der Waals surface area (Å²) in [5, 5.41) is 9.11. The maximum atomic E-state index is 6.45. The number of nitrogens with one attached hydrogen (secondary N) is 1. The standard InChI is InChI=1S/C18H18ClN7O2/c1-9-6-7-12(27-9)14-21-17(28-24-14)16-23-22-15-10-4-2-3-5-11(10)25-13(26(15)16)8-20-18(25)19/h6-8,10-11,15,22H,2-5H2,1H3. The third kappa shape index (κ3) is 2.19. The average Bonchev–Trinajstić information content (AvgIpc) is 3.47.